The lowest BCUT2D eigenvalue weighted by Gasteiger charge is -2.25. The van der Waals surface area contributed by atoms with Crippen molar-refractivity contribution in [1.29, 1.82) is 0 Å². The van der Waals surface area contributed by atoms with Crippen LogP contribution in [0, 0.1) is 0 Å². The van der Waals surface area contributed by atoms with Crippen LogP contribution < -0.4 is 4.72 Å². The first-order valence-corrected chi connectivity index (χ1v) is 10.2. The monoisotopic (exact) mass is 373 g/mol. The van der Waals surface area contributed by atoms with E-state index in [1.54, 1.807) is 43.3 Å². The number of nitrogens with zero attached hydrogens (tertiary/aromatic N) is 2. The quantitative estimate of drug-likeness (QED) is 0.874. The lowest BCUT2D eigenvalue weighted by molar-refractivity contribution is 0.0735. The molecule has 2 aromatic rings. The van der Waals surface area contributed by atoms with Crippen molar-refractivity contribution in [3.05, 3.63) is 59.9 Å². The first-order valence-electron chi connectivity index (χ1n) is 8.72. The van der Waals surface area contributed by atoms with E-state index in [1.165, 1.54) is 12.1 Å². The molecule has 0 bridgehead atoms. The van der Waals surface area contributed by atoms with Crippen LogP contribution in [0.15, 0.2) is 53.7 Å². The van der Waals surface area contributed by atoms with E-state index in [0.717, 1.165) is 18.4 Å². The van der Waals surface area contributed by atoms with Gasteiger partial charge in [-0.3, -0.25) is 9.78 Å². The molecule has 6 nitrogen and oxygen atoms in total. The fourth-order valence-electron chi connectivity index (χ4n) is 3.27. The Kier molecular flexibility index (Phi) is 5.38. The molecule has 2 heterocycles. The molecule has 1 N–H and O–H groups in total. The van der Waals surface area contributed by atoms with Crippen molar-refractivity contribution in [1.82, 2.24) is 14.6 Å². The van der Waals surface area contributed by atoms with Gasteiger partial charge in [-0.2, -0.15) is 0 Å². The highest BCUT2D eigenvalue weighted by Gasteiger charge is 2.31. The molecule has 1 unspecified atom stereocenters. The smallest absolute Gasteiger partial charge is 0.254 e. The zero-order valence-electron chi connectivity index (χ0n) is 14.9. The third-order valence-corrected chi connectivity index (χ3v) is 6.02. The van der Waals surface area contributed by atoms with Crippen molar-refractivity contribution in [3.63, 3.8) is 0 Å². The second-order valence-electron chi connectivity index (χ2n) is 6.75. The maximum atomic E-state index is 13.0. The number of nitrogens with one attached hydrogen (secondary N) is 1. The van der Waals surface area contributed by atoms with Crippen LogP contribution in [0.3, 0.4) is 0 Å². The Labute approximate surface area is 154 Å². The van der Waals surface area contributed by atoms with E-state index in [-0.39, 0.29) is 22.9 Å². The number of sulfonamides is 1. The van der Waals surface area contributed by atoms with Gasteiger partial charge in [0.05, 0.1) is 10.9 Å². The Hall–Kier alpha value is -2.25. The number of hydrogen-bond acceptors (Lipinski definition) is 4. The van der Waals surface area contributed by atoms with Gasteiger partial charge in [-0.05, 0) is 56.5 Å². The predicted octanol–water partition coefficient (Wildman–Crippen LogP) is 2.75. The van der Waals surface area contributed by atoms with E-state index in [0.29, 0.717) is 12.1 Å². The highest BCUT2D eigenvalue weighted by atomic mass is 32.2. The number of benzene rings is 1. The number of pyridine rings is 1. The Morgan fingerprint density at radius 2 is 2.08 bits per heavy atom. The molecule has 1 fully saturated rings. The fraction of sp³-hybridized carbons (Fsp3) is 0.368. The van der Waals surface area contributed by atoms with E-state index < -0.39 is 10.0 Å². The zero-order valence-corrected chi connectivity index (χ0v) is 15.7. The van der Waals surface area contributed by atoms with Gasteiger partial charge in [0.2, 0.25) is 10.0 Å². The zero-order chi connectivity index (χ0) is 18.7. The van der Waals surface area contributed by atoms with Crippen LogP contribution in [0.1, 0.15) is 48.7 Å². The molecule has 1 aromatic carbocycles. The largest absolute Gasteiger partial charge is 0.332 e. The van der Waals surface area contributed by atoms with E-state index in [1.807, 2.05) is 12.1 Å². The summed E-state index contributed by atoms with van der Waals surface area (Å²) >= 11 is 0. The van der Waals surface area contributed by atoms with Gasteiger partial charge in [0.15, 0.2) is 0 Å². The van der Waals surface area contributed by atoms with Gasteiger partial charge in [0, 0.05) is 30.5 Å². The number of carbonyl (C=O) groups excluding carboxylic acids is 1. The number of carbonyl (C=O) groups is 1. The number of aromatic nitrogens is 1. The van der Waals surface area contributed by atoms with Crippen LogP contribution in [0.5, 0.6) is 0 Å². The molecule has 7 heteroatoms. The molecule has 0 aliphatic carbocycles. The van der Waals surface area contributed by atoms with Gasteiger partial charge in [-0.15, -0.1) is 0 Å². The molecule has 1 aliphatic rings. The molecule has 0 saturated carbocycles. The maximum Gasteiger partial charge on any atom is 0.254 e. The lowest BCUT2D eigenvalue weighted by atomic mass is 10.1. The first kappa shape index (κ1) is 18.5. The normalized spacial score (nSPS) is 17.7. The van der Waals surface area contributed by atoms with Crippen LogP contribution in [-0.4, -0.2) is 36.8 Å². The molecule has 1 saturated heterocycles. The second kappa shape index (κ2) is 7.55. The number of hydrogen-bond donors (Lipinski definition) is 1. The highest BCUT2D eigenvalue weighted by Crippen LogP contribution is 2.32. The van der Waals surface area contributed by atoms with Crippen molar-refractivity contribution in [3.8, 4) is 0 Å². The molecule has 1 aromatic heterocycles. The van der Waals surface area contributed by atoms with Gasteiger partial charge < -0.3 is 4.90 Å². The number of rotatable bonds is 5. The second-order valence-corrected chi connectivity index (χ2v) is 8.46. The minimum absolute atomic E-state index is 0.0229. The summed E-state index contributed by atoms with van der Waals surface area (Å²) in [5.74, 6) is -0.155. The van der Waals surface area contributed by atoms with Crippen molar-refractivity contribution in [2.45, 2.75) is 43.7 Å². The SMILES string of the molecule is CC(C)NS(=O)(=O)c1cccc(C(=O)N2CCCC2c2cccnc2)c1. The summed E-state index contributed by atoms with van der Waals surface area (Å²) in [6.07, 6.45) is 5.28. The van der Waals surface area contributed by atoms with Crippen LogP contribution in [0.4, 0.5) is 0 Å². The van der Waals surface area contributed by atoms with E-state index >= 15 is 0 Å². The maximum absolute atomic E-state index is 13.0. The predicted molar refractivity (Wildman–Crippen MR) is 99.1 cm³/mol. The van der Waals surface area contributed by atoms with Gasteiger partial charge >= 0.3 is 0 Å². The minimum Gasteiger partial charge on any atom is -0.332 e. The summed E-state index contributed by atoms with van der Waals surface area (Å²) in [7, 11) is -3.64. The van der Waals surface area contributed by atoms with Crippen molar-refractivity contribution < 1.29 is 13.2 Å². The summed E-state index contributed by atoms with van der Waals surface area (Å²) in [5.41, 5.74) is 1.39. The summed E-state index contributed by atoms with van der Waals surface area (Å²) in [6.45, 7) is 4.17. The van der Waals surface area contributed by atoms with E-state index in [9.17, 15) is 13.2 Å². The molecule has 26 heavy (non-hydrogen) atoms. The lowest BCUT2D eigenvalue weighted by Crippen LogP contribution is -2.32. The topological polar surface area (TPSA) is 79.4 Å². The molecule has 1 amide bonds. The number of likely N-dealkylation sites (tertiary alicyclic amines) is 1. The Balaban J connectivity index is 1.87. The molecule has 0 spiro atoms. The van der Waals surface area contributed by atoms with E-state index in [2.05, 4.69) is 9.71 Å². The van der Waals surface area contributed by atoms with Crippen LogP contribution in [0.25, 0.3) is 0 Å². The Morgan fingerprint density at radius 3 is 2.77 bits per heavy atom. The standard InChI is InChI=1S/C19H23N3O3S/c1-14(2)21-26(24,25)17-8-3-6-15(12-17)19(23)22-11-5-9-18(22)16-7-4-10-20-13-16/h3-4,6-8,10,12-14,18,21H,5,9,11H2,1-2H3. The molecule has 1 atom stereocenters. The molecule has 138 valence electrons. The first-order chi connectivity index (χ1) is 12.4. The molecule has 0 radical (unpaired) electrons. The van der Waals surface area contributed by atoms with Crippen molar-refractivity contribution in [2.75, 3.05) is 6.54 Å². The molecule has 3 rings (SSSR count). The Bertz CT molecular complexity index is 882. The number of amides is 1. The van der Waals surface area contributed by atoms with Gasteiger partial charge in [0.25, 0.3) is 5.91 Å². The van der Waals surface area contributed by atoms with Gasteiger partial charge in [0.1, 0.15) is 0 Å². The Morgan fingerprint density at radius 1 is 1.27 bits per heavy atom. The molecular formula is C19H23N3O3S. The average molecular weight is 373 g/mol. The van der Waals surface area contributed by atoms with Crippen molar-refractivity contribution >= 4 is 15.9 Å². The fourth-order valence-corrected chi connectivity index (χ4v) is 4.57. The third kappa shape index (κ3) is 3.94. The summed E-state index contributed by atoms with van der Waals surface area (Å²) in [4.78, 5) is 19.1. The third-order valence-electron chi connectivity index (χ3n) is 4.36. The van der Waals surface area contributed by atoms with Crippen LogP contribution in [-0.2, 0) is 10.0 Å². The molecule has 1 aliphatic heterocycles. The minimum atomic E-state index is -3.64. The average Bonchev–Trinajstić information content (AvgIpc) is 3.10. The van der Waals surface area contributed by atoms with Crippen LogP contribution >= 0.6 is 0 Å². The van der Waals surface area contributed by atoms with Gasteiger partial charge in [-0.25, -0.2) is 13.1 Å². The highest BCUT2D eigenvalue weighted by molar-refractivity contribution is 7.89. The summed E-state index contributed by atoms with van der Waals surface area (Å²) < 4.78 is 27.3. The summed E-state index contributed by atoms with van der Waals surface area (Å²) in [5, 5.41) is 0. The van der Waals surface area contributed by atoms with Crippen LogP contribution in [0.2, 0.25) is 0 Å². The summed E-state index contributed by atoms with van der Waals surface area (Å²) in [6, 6.07) is 9.82. The van der Waals surface area contributed by atoms with Crippen molar-refractivity contribution in [2.24, 2.45) is 0 Å². The van der Waals surface area contributed by atoms with E-state index in [4.69, 9.17) is 0 Å². The van der Waals surface area contributed by atoms with Gasteiger partial charge in [-0.1, -0.05) is 12.1 Å². The molecular weight excluding hydrogens is 350 g/mol.